The van der Waals surface area contributed by atoms with Crippen LogP contribution in [0.3, 0.4) is 0 Å². The zero-order valence-electron chi connectivity index (χ0n) is 13.2. The number of carbonyl (C=O) groups excluding carboxylic acids is 1. The van der Waals surface area contributed by atoms with Crippen molar-refractivity contribution in [1.82, 2.24) is 10.2 Å². The molecular weight excluding hydrogens is 376 g/mol. The van der Waals surface area contributed by atoms with E-state index in [9.17, 15) is 4.79 Å². The van der Waals surface area contributed by atoms with Crippen LogP contribution in [0.2, 0.25) is 5.02 Å². The predicted octanol–water partition coefficient (Wildman–Crippen LogP) is 4.41. The molecule has 0 saturated carbocycles. The maximum Gasteiger partial charge on any atom is 0.234 e. The van der Waals surface area contributed by atoms with Crippen LogP contribution in [0.1, 0.15) is 24.1 Å². The van der Waals surface area contributed by atoms with Crippen molar-refractivity contribution in [2.24, 2.45) is 0 Å². The smallest absolute Gasteiger partial charge is 0.234 e. The van der Waals surface area contributed by atoms with Crippen molar-refractivity contribution in [2.75, 3.05) is 13.6 Å². The van der Waals surface area contributed by atoms with Gasteiger partial charge < -0.3 is 5.32 Å². The Hall–Kier alpha value is -1.36. The van der Waals surface area contributed by atoms with E-state index in [0.717, 1.165) is 16.6 Å². The molecule has 0 fully saturated rings. The maximum absolute atomic E-state index is 12.2. The number of amides is 1. The molecule has 1 amide bonds. The Balaban J connectivity index is 1.83. The second-order valence-electron chi connectivity index (χ2n) is 5.64. The van der Waals surface area contributed by atoms with Gasteiger partial charge in [0.25, 0.3) is 0 Å². The second kappa shape index (κ2) is 8.48. The van der Waals surface area contributed by atoms with E-state index < -0.39 is 0 Å². The summed E-state index contributed by atoms with van der Waals surface area (Å²) >= 11 is 9.30. The van der Waals surface area contributed by atoms with E-state index in [1.165, 1.54) is 5.56 Å². The zero-order valence-corrected chi connectivity index (χ0v) is 15.6. The average molecular weight is 396 g/mol. The van der Waals surface area contributed by atoms with E-state index in [0.29, 0.717) is 11.6 Å². The first-order valence-electron chi connectivity index (χ1n) is 7.42. The van der Waals surface area contributed by atoms with Gasteiger partial charge >= 0.3 is 0 Å². The van der Waals surface area contributed by atoms with Crippen LogP contribution in [0.5, 0.6) is 0 Å². The van der Waals surface area contributed by atoms with Crippen LogP contribution < -0.4 is 5.32 Å². The molecule has 0 saturated heterocycles. The van der Waals surface area contributed by atoms with E-state index in [1.54, 1.807) is 0 Å². The molecular formula is C18H20BrClN2O. The first kappa shape index (κ1) is 18.0. The van der Waals surface area contributed by atoms with Crippen molar-refractivity contribution in [3.8, 4) is 0 Å². The third-order valence-electron chi connectivity index (χ3n) is 3.53. The van der Waals surface area contributed by atoms with E-state index in [4.69, 9.17) is 11.6 Å². The van der Waals surface area contributed by atoms with Crippen LogP contribution in [-0.2, 0) is 11.3 Å². The molecule has 2 rings (SSSR count). The third-order valence-corrected chi connectivity index (χ3v) is 4.31. The molecule has 5 heteroatoms. The first-order chi connectivity index (χ1) is 10.9. The molecule has 0 aromatic heterocycles. The van der Waals surface area contributed by atoms with Crippen LogP contribution in [0.4, 0.5) is 0 Å². The van der Waals surface area contributed by atoms with Crippen LogP contribution in [-0.4, -0.2) is 24.4 Å². The molecule has 2 aromatic carbocycles. The van der Waals surface area contributed by atoms with Gasteiger partial charge in [0.05, 0.1) is 12.6 Å². The highest BCUT2D eigenvalue weighted by Crippen LogP contribution is 2.16. The number of nitrogens with one attached hydrogen (secondary N) is 1. The summed E-state index contributed by atoms with van der Waals surface area (Å²) in [6.07, 6.45) is 0. The van der Waals surface area contributed by atoms with Crippen LogP contribution in [0.25, 0.3) is 0 Å². The quantitative estimate of drug-likeness (QED) is 0.785. The molecule has 0 aliphatic rings. The summed E-state index contributed by atoms with van der Waals surface area (Å²) in [4.78, 5) is 14.2. The van der Waals surface area contributed by atoms with Crippen molar-refractivity contribution in [1.29, 1.82) is 0 Å². The van der Waals surface area contributed by atoms with Crippen molar-refractivity contribution >= 4 is 33.4 Å². The van der Waals surface area contributed by atoms with Crippen LogP contribution >= 0.6 is 27.5 Å². The number of likely N-dealkylation sites (N-methyl/N-ethyl adjacent to an activating group) is 1. The number of benzene rings is 2. The lowest BCUT2D eigenvalue weighted by Crippen LogP contribution is -2.36. The SMILES string of the molecule is C[C@H](NC(=O)CN(C)Cc1ccc(Br)cc1)c1ccc(Cl)cc1. The molecule has 122 valence electrons. The summed E-state index contributed by atoms with van der Waals surface area (Å²) in [6, 6.07) is 15.6. The highest BCUT2D eigenvalue weighted by molar-refractivity contribution is 9.10. The van der Waals surface area contributed by atoms with Gasteiger partial charge in [-0.25, -0.2) is 0 Å². The standard InChI is InChI=1S/C18H20BrClN2O/c1-13(15-5-9-17(20)10-6-15)21-18(23)12-22(2)11-14-3-7-16(19)8-4-14/h3-10,13H,11-12H2,1-2H3,(H,21,23)/t13-/m0/s1. The van der Waals surface area contributed by atoms with Crippen LogP contribution in [0, 0.1) is 0 Å². The largest absolute Gasteiger partial charge is 0.348 e. The van der Waals surface area contributed by atoms with Gasteiger partial charge in [0.2, 0.25) is 5.91 Å². The molecule has 0 spiro atoms. The first-order valence-corrected chi connectivity index (χ1v) is 8.59. The van der Waals surface area contributed by atoms with Gasteiger partial charge in [-0.3, -0.25) is 9.69 Å². The van der Waals surface area contributed by atoms with Crippen LogP contribution in [0.15, 0.2) is 53.0 Å². The summed E-state index contributed by atoms with van der Waals surface area (Å²) in [6.45, 7) is 3.06. The minimum absolute atomic E-state index is 0.00654. The topological polar surface area (TPSA) is 32.3 Å². The highest BCUT2D eigenvalue weighted by Gasteiger charge is 2.12. The lowest BCUT2D eigenvalue weighted by molar-refractivity contribution is -0.122. The van der Waals surface area contributed by atoms with Gasteiger partial charge in [-0.05, 0) is 49.4 Å². The lowest BCUT2D eigenvalue weighted by Gasteiger charge is -2.19. The van der Waals surface area contributed by atoms with Crippen molar-refractivity contribution in [3.05, 3.63) is 69.2 Å². The monoisotopic (exact) mass is 394 g/mol. The van der Waals surface area contributed by atoms with Gasteiger partial charge in [0.15, 0.2) is 0 Å². The Labute approximate surface area is 150 Å². The Morgan fingerprint density at radius 1 is 1.17 bits per heavy atom. The summed E-state index contributed by atoms with van der Waals surface area (Å²) in [5, 5.41) is 3.71. The Bertz CT molecular complexity index is 643. The predicted molar refractivity (Wildman–Crippen MR) is 98.5 cm³/mol. The summed E-state index contributed by atoms with van der Waals surface area (Å²) in [7, 11) is 1.94. The van der Waals surface area contributed by atoms with E-state index in [2.05, 4.69) is 33.4 Å². The minimum atomic E-state index is -0.0409. The highest BCUT2D eigenvalue weighted by atomic mass is 79.9. The van der Waals surface area contributed by atoms with Gasteiger partial charge in [-0.2, -0.15) is 0 Å². The number of hydrogen-bond donors (Lipinski definition) is 1. The fraction of sp³-hybridized carbons (Fsp3) is 0.278. The van der Waals surface area contributed by atoms with Gasteiger partial charge in [-0.1, -0.05) is 51.8 Å². The molecule has 1 N–H and O–H groups in total. The Morgan fingerprint density at radius 3 is 2.39 bits per heavy atom. The lowest BCUT2D eigenvalue weighted by atomic mass is 10.1. The molecule has 0 aliphatic heterocycles. The average Bonchev–Trinajstić information content (AvgIpc) is 2.50. The normalized spacial score (nSPS) is 12.2. The molecule has 23 heavy (non-hydrogen) atoms. The number of rotatable bonds is 6. The van der Waals surface area contributed by atoms with Crippen molar-refractivity contribution in [3.63, 3.8) is 0 Å². The molecule has 0 radical (unpaired) electrons. The summed E-state index contributed by atoms with van der Waals surface area (Å²) < 4.78 is 1.05. The molecule has 0 heterocycles. The van der Waals surface area contributed by atoms with Gasteiger partial charge in [0, 0.05) is 16.0 Å². The number of hydrogen-bond acceptors (Lipinski definition) is 2. The zero-order chi connectivity index (χ0) is 16.8. The third kappa shape index (κ3) is 5.98. The number of halogens is 2. The van der Waals surface area contributed by atoms with E-state index in [-0.39, 0.29) is 11.9 Å². The molecule has 2 aromatic rings. The van der Waals surface area contributed by atoms with Crippen molar-refractivity contribution < 1.29 is 4.79 Å². The number of nitrogens with zero attached hydrogens (tertiary/aromatic N) is 1. The van der Waals surface area contributed by atoms with Gasteiger partial charge in [-0.15, -0.1) is 0 Å². The Kier molecular flexibility index (Phi) is 6.63. The van der Waals surface area contributed by atoms with E-state index >= 15 is 0 Å². The van der Waals surface area contributed by atoms with Gasteiger partial charge in [0.1, 0.15) is 0 Å². The molecule has 3 nitrogen and oxygen atoms in total. The Morgan fingerprint density at radius 2 is 1.78 bits per heavy atom. The molecule has 0 unspecified atom stereocenters. The second-order valence-corrected chi connectivity index (χ2v) is 6.99. The fourth-order valence-electron chi connectivity index (χ4n) is 2.32. The number of carbonyl (C=O) groups is 1. The molecule has 0 bridgehead atoms. The van der Waals surface area contributed by atoms with Crippen molar-refractivity contribution in [2.45, 2.75) is 19.5 Å². The summed E-state index contributed by atoms with van der Waals surface area (Å²) in [5.41, 5.74) is 2.22. The minimum Gasteiger partial charge on any atom is -0.348 e. The molecule has 1 atom stereocenters. The molecule has 0 aliphatic carbocycles. The summed E-state index contributed by atoms with van der Waals surface area (Å²) in [5.74, 6) is 0.00654. The van der Waals surface area contributed by atoms with E-state index in [1.807, 2.05) is 55.3 Å². The maximum atomic E-state index is 12.2. The fourth-order valence-corrected chi connectivity index (χ4v) is 2.71.